The van der Waals surface area contributed by atoms with Crippen molar-refractivity contribution in [2.45, 2.75) is 6.92 Å². The van der Waals surface area contributed by atoms with Gasteiger partial charge in [-0.25, -0.2) is 4.79 Å². The van der Waals surface area contributed by atoms with Gasteiger partial charge in [0, 0.05) is 5.02 Å². The van der Waals surface area contributed by atoms with Crippen molar-refractivity contribution >= 4 is 34.9 Å². The third-order valence-electron chi connectivity index (χ3n) is 2.64. The van der Waals surface area contributed by atoms with Gasteiger partial charge in [0.15, 0.2) is 5.75 Å². The number of carbonyl (C=O) groups is 1. The lowest BCUT2D eigenvalue weighted by Crippen LogP contribution is -2.05. The van der Waals surface area contributed by atoms with Gasteiger partial charge < -0.3 is 15.2 Å². The zero-order valence-corrected chi connectivity index (χ0v) is 12.7. The SMILES string of the molecule is CCOC(=O)c1ccc(N)c(Oc2ccc(Cl)cc2Cl)c1. The maximum absolute atomic E-state index is 11.7. The van der Waals surface area contributed by atoms with E-state index in [4.69, 9.17) is 38.4 Å². The van der Waals surface area contributed by atoms with Crippen molar-refractivity contribution in [2.24, 2.45) is 0 Å². The molecule has 0 fully saturated rings. The number of nitrogen functional groups attached to an aromatic ring is 1. The van der Waals surface area contributed by atoms with Crippen molar-refractivity contribution in [3.8, 4) is 11.5 Å². The third-order valence-corrected chi connectivity index (χ3v) is 3.17. The predicted molar refractivity (Wildman–Crippen MR) is 83.3 cm³/mol. The molecule has 0 unspecified atom stereocenters. The topological polar surface area (TPSA) is 61.5 Å². The Labute approximate surface area is 132 Å². The van der Waals surface area contributed by atoms with Crippen molar-refractivity contribution in [3.63, 3.8) is 0 Å². The molecule has 0 saturated heterocycles. The molecular formula is C15H13Cl2NO3. The molecule has 0 radical (unpaired) electrons. The molecule has 110 valence electrons. The van der Waals surface area contributed by atoms with E-state index in [1.54, 1.807) is 37.3 Å². The summed E-state index contributed by atoms with van der Waals surface area (Å²) >= 11 is 11.9. The van der Waals surface area contributed by atoms with Crippen LogP contribution in [0.15, 0.2) is 36.4 Å². The fourth-order valence-electron chi connectivity index (χ4n) is 1.64. The van der Waals surface area contributed by atoms with Gasteiger partial charge in [-0.3, -0.25) is 0 Å². The van der Waals surface area contributed by atoms with Crippen LogP contribution in [0.4, 0.5) is 5.69 Å². The Bertz CT molecular complexity index is 674. The lowest BCUT2D eigenvalue weighted by atomic mass is 10.2. The zero-order chi connectivity index (χ0) is 15.4. The molecular weight excluding hydrogens is 313 g/mol. The van der Waals surface area contributed by atoms with Gasteiger partial charge in [-0.2, -0.15) is 0 Å². The predicted octanol–water partition coefficient (Wildman–Crippen LogP) is 4.54. The molecule has 2 aromatic rings. The van der Waals surface area contributed by atoms with Gasteiger partial charge >= 0.3 is 5.97 Å². The highest BCUT2D eigenvalue weighted by Crippen LogP contribution is 2.34. The number of hydrogen-bond donors (Lipinski definition) is 1. The fourth-order valence-corrected chi connectivity index (χ4v) is 2.09. The van der Waals surface area contributed by atoms with Gasteiger partial charge in [0.2, 0.25) is 0 Å². The second-order valence-electron chi connectivity index (χ2n) is 4.15. The van der Waals surface area contributed by atoms with Crippen LogP contribution in [-0.4, -0.2) is 12.6 Å². The molecule has 2 rings (SSSR count). The Balaban J connectivity index is 2.30. The Morgan fingerprint density at radius 1 is 1.14 bits per heavy atom. The summed E-state index contributed by atoms with van der Waals surface area (Å²) in [5, 5.41) is 0.851. The molecule has 0 saturated carbocycles. The van der Waals surface area contributed by atoms with Crippen LogP contribution in [0.5, 0.6) is 11.5 Å². The van der Waals surface area contributed by atoms with Crippen LogP contribution < -0.4 is 10.5 Å². The number of rotatable bonds is 4. The number of ether oxygens (including phenoxy) is 2. The molecule has 2 N–H and O–H groups in total. The number of carbonyl (C=O) groups excluding carboxylic acids is 1. The summed E-state index contributed by atoms with van der Waals surface area (Å²) in [5.74, 6) is 0.281. The monoisotopic (exact) mass is 325 g/mol. The van der Waals surface area contributed by atoms with Gasteiger partial charge in [-0.1, -0.05) is 23.2 Å². The zero-order valence-electron chi connectivity index (χ0n) is 11.2. The fraction of sp³-hybridized carbons (Fsp3) is 0.133. The molecule has 0 aliphatic heterocycles. The average Bonchev–Trinajstić information content (AvgIpc) is 2.44. The Morgan fingerprint density at radius 2 is 1.90 bits per heavy atom. The maximum atomic E-state index is 11.7. The van der Waals surface area contributed by atoms with Crippen molar-refractivity contribution in [2.75, 3.05) is 12.3 Å². The van der Waals surface area contributed by atoms with Gasteiger partial charge in [-0.05, 0) is 43.3 Å². The van der Waals surface area contributed by atoms with Crippen LogP contribution in [0.2, 0.25) is 10.0 Å². The van der Waals surface area contributed by atoms with E-state index < -0.39 is 5.97 Å². The van der Waals surface area contributed by atoms with Crippen LogP contribution in [0, 0.1) is 0 Å². The first-order chi connectivity index (χ1) is 10.0. The number of nitrogens with two attached hydrogens (primary N) is 1. The molecule has 0 atom stereocenters. The van der Waals surface area contributed by atoms with Crippen molar-refractivity contribution < 1.29 is 14.3 Å². The Morgan fingerprint density at radius 3 is 2.57 bits per heavy atom. The molecule has 21 heavy (non-hydrogen) atoms. The number of benzene rings is 2. The number of halogens is 2. The summed E-state index contributed by atoms with van der Waals surface area (Å²) in [5.41, 5.74) is 6.58. The summed E-state index contributed by atoms with van der Waals surface area (Å²) in [6.45, 7) is 2.03. The molecule has 4 nitrogen and oxygen atoms in total. The molecule has 0 aromatic heterocycles. The second-order valence-corrected chi connectivity index (χ2v) is 4.99. The minimum Gasteiger partial charge on any atom is -0.462 e. The quantitative estimate of drug-likeness (QED) is 0.662. The molecule has 0 bridgehead atoms. The highest BCUT2D eigenvalue weighted by atomic mass is 35.5. The highest BCUT2D eigenvalue weighted by Gasteiger charge is 2.12. The van der Waals surface area contributed by atoms with Crippen molar-refractivity contribution in [3.05, 3.63) is 52.0 Å². The van der Waals surface area contributed by atoms with Crippen LogP contribution in [-0.2, 0) is 4.74 Å². The summed E-state index contributed by atoms with van der Waals surface area (Å²) in [4.78, 5) is 11.7. The normalized spacial score (nSPS) is 10.2. The molecule has 0 aliphatic rings. The largest absolute Gasteiger partial charge is 0.462 e. The van der Waals surface area contributed by atoms with E-state index in [-0.39, 0.29) is 0 Å². The van der Waals surface area contributed by atoms with Gasteiger partial charge in [0.25, 0.3) is 0 Å². The smallest absolute Gasteiger partial charge is 0.338 e. The van der Waals surface area contributed by atoms with Crippen LogP contribution >= 0.6 is 23.2 Å². The van der Waals surface area contributed by atoms with Crippen LogP contribution in [0.3, 0.4) is 0 Å². The first-order valence-corrected chi connectivity index (χ1v) is 6.96. The van der Waals surface area contributed by atoms with Crippen LogP contribution in [0.1, 0.15) is 17.3 Å². The maximum Gasteiger partial charge on any atom is 0.338 e. The van der Waals surface area contributed by atoms with E-state index in [0.29, 0.717) is 39.4 Å². The highest BCUT2D eigenvalue weighted by molar-refractivity contribution is 6.35. The number of hydrogen-bond acceptors (Lipinski definition) is 4. The number of anilines is 1. The summed E-state index contributed by atoms with van der Waals surface area (Å²) < 4.78 is 10.6. The van der Waals surface area contributed by atoms with Gasteiger partial charge in [-0.15, -0.1) is 0 Å². The first-order valence-electron chi connectivity index (χ1n) is 6.20. The van der Waals surface area contributed by atoms with Gasteiger partial charge in [0.1, 0.15) is 5.75 Å². The Hall–Kier alpha value is -1.91. The minimum atomic E-state index is -0.440. The Kier molecular flexibility index (Phi) is 4.94. The molecule has 0 aliphatic carbocycles. The summed E-state index contributed by atoms with van der Waals surface area (Å²) in [7, 11) is 0. The molecule has 0 heterocycles. The first kappa shape index (κ1) is 15.5. The molecule has 2 aromatic carbocycles. The average molecular weight is 326 g/mol. The molecule has 6 heteroatoms. The van der Waals surface area contributed by atoms with Gasteiger partial charge in [0.05, 0.1) is 22.9 Å². The lowest BCUT2D eigenvalue weighted by Gasteiger charge is -2.11. The lowest BCUT2D eigenvalue weighted by molar-refractivity contribution is 0.0526. The van der Waals surface area contributed by atoms with E-state index >= 15 is 0 Å². The van der Waals surface area contributed by atoms with E-state index in [2.05, 4.69) is 0 Å². The standard InChI is InChI=1S/C15H13Cl2NO3/c1-2-20-15(19)9-3-5-12(18)14(7-9)21-13-6-4-10(16)8-11(13)17/h3-8H,2,18H2,1H3. The third kappa shape index (κ3) is 3.80. The number of esters is 1. The molecule has 0 spiro atoms. The van der Waals surface area contributed by atoms with E-state index in [1.165, 1.54) is 6.07 Å². The van der Waals surface area contributed by atoms with E-state index in [1.807, 2.05) is 0 Å². The second kappa shape index (κ2) is 6.70. The van der Waals surface area contributed by atoms with Crippen molar-refractivity contribution in [1.29, 1.82) is 0 Å². The molecule has 0 amide bonds. The minimum absolute atomic E-state index is 0.294. The summed E-state index contributed by atoms with van der Waals surface area (Å²) in [6.07, 6.45) is 0. The van der Waals surface area contributed by atoms with E-state index in [9.17, 15) is 4.79 Å². The van der Waals surface area contributed by atoms with Crippen LogP contribution in [0.25, 0.3) is 0 Å². The summed E-state index contributed by atoms with van der Waals surface area (Å²) in [6, 6.07) is 9.49. The van der Waals surface area contributed by atoms with E-state index in [0.717, 1.165) is 0 Å². The van der Waals surface area contributed by atoms with Crippen molar-refractivity contribution in [1.82, 2.24) is 0 Å².